The van der Waals surface area contributed by atoms with Crippen LogP contribution < -0.4 is 20.3 Å². The SMILES string of the molecule is CN1C(=O)C2(CCNCC2)c2c1cnc1c2C(c2ccccc2)(C2(CC#N)CC(NS(=O)(=O)c3ccccc3)C2)C(c2cnn(C)c2)N1. The van der Waals surface area contributed by atoms with Crippen molar-refractivity contribution in [1.29, 1.82) is 5.26 Å². The lowest BCUT2D eigenvalue weighted by molar-refractivity contribution is -0.123. The fraction of sp³-hybridized carbons (Fsp3) is 0.389. The highest BCUT2D eigenvalue weighted by molar-refractivity contribution is 7.89. The number of anilines is 2. The third kappa shape index (κ3) is 4.17. The molecule has 0 bridgehead atoms. The number of carbonyl (C=O) groups is 1. The largest absolute Gasteiger partial charge is 0.362 e. The Morgan fingerprint density at radius 3 is 2.33 bits per heavy atom. The Kier molecular flexibility index (Phi) is 7.03. The number of pyridine rings is 1. The zero-order valence-corrected chi connectivity index (χ0v) is 27.8. The molecule has 11 nitrogen and oxygen atoms in total. The van der Waals surface area contributed by atoms with Crippen LogP contribution in [0.4, 0.5) is 11.5 Å². The number of carbonyl (C=O) groups excluding carboxylic acids is 1. The predicted molar refractivity (Wildman–Crippen MR) is 181 cm³/mol. The van der Waals surface area contributed by atoms with Crippen LogP contribution in [0.1, 0.15) is 60.4 Å². The summed E-state index contributed by atoms with van der Waals surface area (Å²) in [6, 6.07) is 20.3. The summed E-state index contributed by atoms with van der Waals surface area (Å²) in [6.45, 7) is 1.42. The van der Waals surface area contributed by atoms with Gasteiger partial charge in [-0.15, -0.1) is 0 Å². The molecule has 1 saturated heterocycles. The van der Waals surface area contributed by atoms with Gasteiger partial charge in [-0.1, -0.05) is 48.5 Å². The number of sulfonamides is 1. The van der Waals surface area contributed by atoms with Crippen LogP contribution >= 0.6 is 0 Å². The molecule has 246 valence electrons. The Morgan fingerprint density at radius 1 is 1.00 bits per heavy atom. The van der Waals surface area contributed by atoms with Gasteiger partial charge in [-0.25, -0.2) is 18.1 Å². The number of fused-ring (bicyclic) bond motifs is 4. The van der Waals surface area contributed by atoms with Gasteiger partial charge in [-0.2, -0.15) is 10.4 Å². The number of likely N-dealkylation sites (N-methyl/N-ethyl adjacent to an activating group) is 1. The molecule has 1 aliphatic carbocycles. The van der Waals surface area contributed by atoms with Crippen LogP contribution in [0.15, 0.2) is 84.1 Å². The van der Waals surface area contributed by atoms with E-state index in [0.717, 1.165) is 27.9 Å². The molecule has 8 rings (SSSR count). The van der Waals surface area contributed by atoms with Gasteiger partial charge in [-0.05, 0) is 56.5 Å². The molecule has 48 heavy (non-hydrogen) atoms. The van der Waals surface area contributed by atoms with Crippen molar-refractivity contribution < 1.29 is 13.2 Å². The summed E-state index contributed by atoms with van der Waals surface area (Å²) in [6.07, 6.45) is 7.96. The first-order valence-electron chi connectivity index (χ1n) is 16.4. The monoisotopic (exact) mass is 662 g/mol. The molecule has 2 aromatic carbocycles. The molecule has 3 aliphatic heterocycles. The molecule has 1 amide bonds. The van der Waals surface area contributed by atoms with E-state index >= 15 is 0 Å². The van der Waals surface area contributed by atoms with Crippen LogP contribution in [0.25, 0.3) is 0 Å². The van der Waals surface area contributed by atoms with E-state index in [0.29, 0.717) is 44.6 Å². The molecule has 2 aromatic heterocycles. The first-order valence-corrected chi connectivity index (χ1v) is 17.9. The molecular formula is C36H38N8O3S. The number of nitrogens with one attached hydrogen (secondary N) is 3. The molecule has 0 radical (unpaired) electrons. The number of aryl methyl sites for hydroxylation is 1. The maximum Gasteiger partial charge on any atom is 0.240 e. The van der Waals surface area contributed by atoms with Crippen molar-refractivity contribution in [2.45, 2.75) is 59.9 Å². The topological polar surface area (TPSA) is 145 Å². The number of nitriles is 1. The summed E-state index contributed by atoms with van der Waals surface area (Å²) < 4.78 is 31.8. The molecule has 1 spiro atoms. The average molecular weight is 663 g/mol. The van der Waals surface area contributed by atoms with Gasteiger partial charge < -0.3 is 15.5 Å². The molecule has 12 heteroatoms. The van der Waals surface area contributed by atoms with Crippen LogP contribution in [0.5, 0.6) is 0 Å². The van der Waals surface area contributed by atoms with Crippen molar-refractivity contribution in [1.82, 2.24) is 24.8 Å². The standard InChI is InChI=1S/C36H38N8O3S/c1-43-23-24(21-40-43)31-36(25-9-5-3-6-10-25,34(13-16-37)19-26(20-34)42-48(46,47)27-11-7-4-8-12-27)30-29-28(22-39-32(30)41-31)44(2)33(45)35(29)14-17-38-18-15-35/h3-12,21-23,26,31,38,42H,13-15,17-20H2,1-2H3,(H,39,41). The van der Waals surface area contributed by atoms with E-state index < -0.39 is 38.4 Å². The Bertz CT molecular complexity index is 2050. The van der Waals surface area contributed by atoms with Gasteiger partial charge in [0.05, 0.1) is 45.9 Å². The minimum absolute atomic E-state index is 0.0671. The van der Waals surface area contributed by atoms with E-state index in [-0.39, 0.29) is 17.2 Å². The van der Waals surface area contributed by atoms with E-state index in [1.807, 2.05) is 50.9 Å². The Labute approximate surface area is 280 Å². The summed E-state index contributed by atoms with van der Waals surface area (Å²) in [7, 11) is -0.0807. The van der Waals surface area contributed by atoms with Gasteiger partial charge in [0.1, 0.15) is 5.82 Å². The van der Waals surface area contributed by atoms with Gasteiger partial charge in [0, 0.05) is 54.9 Å². The second kappa shape index (κ2) is 11.0. The van der Waals surface area contributed by atoms with Gasteiger partial charge >= 0.3 is 0 Å². The van der Waals surface area contributed by atoms with Crippen molar-refractivity contribution >= 4 is 27.4 Å². The number of hydrogen-bond donors (Lipinski definition) is 3. The van der Waals surface area contributed by atoms with Crippen molar-refractivity contribution in [3.05, 3.63) is 102 Å². The highest BCUT2D eigenvalue weighted by atomic mass is 32.2. The number of piperidine rings is 1. The summed E-state index contributed by atoms with van der Waals surface area (Å²) in [5.41, 5.74) is 2.25. The van der Waals surface area contributed by atoms with Crippen LogP contribution in [-0.4, -0.2) is 55.3 Å². The molecule has 2 fully saturated rings. The maximum atomic E-state index is 14.4. The van der Waals surface area contributed by atoms with E-state index in [2.05, 4.69) is 38.7 Å². The summed E-state index contributed by atoms with van der Waals surface area (Å²) >= 11 is 0. The number of amides is 1. The lowest BCUT2D eigenvalue weighted by atomic mass is 9.43. The first kappa shape index (κ1) is 30.7. The molecule has 2 atom stereocenters. The first-order chi connectivity index (χ1) is 23.2. The number of aromatic nitrogens is 3. The minimum atomic E-state index is -3.80. The normalized spacial score (nSPS) is 27.2. The Balaban J connectivity index is 1.38. The molecule has 3 N–H and O–H groups in total. The zero-order chi connectivity index (χ0) is 33.3. The van der Waals surface area contributed by atoms with E-state index in [1.54, 1.807) is 39.9 Å². The minimum Gasteiger partial charge on any atom is -0.362 e. The van der Waals surface area contributed by atoms with Gasteiger partial charge in [0.15, 0.2) is 0 Å². The van der Waals surface area contributed by atoms with E-state index in [1.165, 1.54) is 0 Å². The summed E-state index contributed by atoms with van der Waals surface area (Å²) in [5.74, 6) is 0.760. The zero-order valence-electron chi connectivity index (χ0n) is 27.0. The van der Waals surface area contributed by atoms with E-state index in [9.17, 15) is 18.5 Å². The number of benzene rings is 2. The van der Waals surface area contributed by atoms with Crippen LogP contribution in [0.2, 0.25) is 0 Å². The summed E-state index contributed by atoms with van der Waals surface area (Å²) in [5, 5.41) is 22.4. The molecule has 5 heterocycles. The number of nitrogens with zero attached hydrogens (tertiary/aromatic N) is 5. The Hall–Kier alpha value is -4.57. The fourth-order valence-electron chi connectivity index (χ4n) is 9.40. The molecule has 4 aromatic rings. The summed E-state index contributed by atoms with van der Waals surface area (Å²) in [4.78, 5) is 21.3. The lowest BCUT2D eigenvalue weighted by Crippen LogP contribution is -2.62. The van der Waals surface area contributed by atoms with Crippen molar-refractivity contribution in [2.24, 2.45) is 12.5 Å². The van der Waals surface area contributed by atoms with Gasteiger partial charge in [0.2, 0.25) is 15.9 Å². The lowest BCUT2D eigenvalue weighted by Gasteiger charge is -2.60. The van der Waals surface area contributed by atoms with Gasteiger partial charge in [0.25, 0.3) is 0 Å². The van der Waals surface area contributed by atoms with Gasteiger partial charge in [-0.3, -0.25) is 9.48 Å². The van der Waals surface area contributed by atoms with Crippen molar-refractivity contribution in [3.8, 4) is 6.07 Å². The van der Waals surface area contributed by atoms with Crippen molar-refractivity contribution in [3.63, 3.8) is 0 Å². The third-order valence-corrected chi connectivity index (χ3v) is 12.9. The number of rotatable bonds is 7. The molecule has 1 saturated carbocycles. The van der Waals surface area contributed by atoms with E-state index in [4.69, 9.17) is 4.98 Å². The maximum absolute atomic E-state index is 14.4. The Morgan fingerprint density at radius 2 is 1.69 bits per heavy atom. The second-order valence-corrected chi connectivity index (χ2v) is 15.5. The molecule has 4 aliphatic rings. The van der Waals surface area contributed by atoms with Crippen molar-refractivity contribution in [2.75, 3.05) is 30.4 Å². The smallest absolute Gasteiger partial charge is 0.240 e. The average Bonchev–Trinajstić information content (AvgIpc) is 3.73. The number of hydrogen-bond acceptors (Lipinski definition) is 8. The fourth-order valence-corrected chi connectivity index (χ4v) is 10.7. The van der Waals surface area contributed by atoms with Crippen LogP contribution in [0, 0.1) is 16.7 Å². The second-order valence-electron chi connectivity index (χ2n) is 13.8. The molecule has 2 unspecified atom stereocenters. The highest BCUT2D eigenvalue weighted by Gasteiger charge is 2.69. The van der Waals surface area contributed by atoms with Crippen LogP contribution in [0.3, 0.4) is 0 Å². The predicted octanol–water partition coefficient (Wildman–Crippen LogP) is 3.91. The van der Waals surface area contributed by atoms with Crippen LogP contribution in [-0.2, 0) is 32.7 Å². The third-order valence-electron chi connectivity index (χ3n) is 11.4. The quantitative estimate of drug-likeness (QED) is 0.270. The molecular weight excluding hydrogens is 625 g/mol. The highest BCUT2D eigenvalue weighted by Crippen LogP contribution is 2.71.